The zero-order valence-electron chi connectivity index (χ0n) is 10.1. The first-order chi connectivity index (χ1) is 7.77. The Balaban J connectivity index is 2.39. The minimum atomic E-state index is -0.0336. The van der Waals surface area contributed by atoms with Crippen LogP contribution in [0.4, 0.5) is 0 Å². The molecule has 0 saturated carbocycles. The number of ether oxygens (including phenoxy) is 2. The van der Waals surface area contributed by atoms with Gasteiger partial charge in [-0.25, -0.2) is 0 Å². The highest BCUT2D eigenvalue weighted by molar-refractivity contribution is 5.13. The van der Waals surface area contributed by atoms with Gasteiger partial charge in [-0.05, 0) is 19.4 Å². The molecule has 0 aromatic heterocycles. The molecule has 88 valence electrons. The molecule has 0 radical (unpaired) electrons. The van der Waals surface area contributed by atoms with E-state index in [1.807, 2.05) is 32.0 Å². The molecule has 0 N–H and O–H groups in total. The second-order valence-electron chi connectivity index (χ2n) is 3.66. The quantitative estimate of drug-likeness (QED) is 0.657. The fourth-order valence-corrected chi connectivity index (χ4v) is 1.48. The Morgan fingerprint density at radius 2 is 1.94 bits per heavy atom. The van der Waals surface area contributed by atoms with Crippen molar-refractivity contribution < 1.29 is 9.47 Å². The third-order valence-corrected chi connectivity index (χ3v) is 2.41. The largest absolute Gasteiger partial charge is 0.372 e. The van der Waals surface area contributed by atoms with Gasteiger partial charge in [-0.3, -0.25) is 0 Å². The first kappa shape index (κ1) is 12.9. The smallest absolute Gasteiger partial charge is 0.101 e. The SMILES string of the molecule is C=CC(OCC)C(C)OCc1ccccc1. The van der Waals surface area contributed by atoms with Gasteiger partial charge in [0.2, 0.25) is 0 Å². The van der Waals surface area contributed by atoms with Crippen molar-refractivity contribution in [3.63, 3.8) is 0 Å². The van der Waals surface area contributed by atoms with Crippen molar-refractivity contribution in [1.82, 2.24) is 0 Å². The Morgan fingerprint density at radius 1 is 1.25 bits per heavy atom. The molecule has 16 heavy (non-hydrogen) atoms. The maximum Gasteiger partial charge on any atom is 0.101 e. The molecule has 0 fully saturated rings. The molecule has 0 aliphatic rings. The van der Waals surface area contributed by atoms with Crippen molar-refractivity contribution in [3.05, 3.63) is 48.6 Å². The summed E-state index contributed by atoms with van der Waals surface area (Å²) in [6.45, 7) is 9.02. The maximum atomic E-state index is 5.74. The predicted octanol–water partition coefficient (Wildman–Crippen LogP) is 3.18. The van der Waals surface area contributed by atoms with Crippen LogP contribution < -0.4 is 0 Å². The van der Waals surface area contributed by atoms with E-state index in [9.17, 15) is 0 Å². The topological polar surface area (TPSA) is 18.5 Å². The molecule has 2 unspecified atom stereocenters. The Kier molecular flexibility index (Phi) is 5.83. The highest BCUT2D eigenvalue weighted by Gasteiger charge is 2.14. The van der Waals surface area contributed by atoms with Gasteiger partial charge in [0, 0.05) is 6.61 Å². The van der Waals surface area contributed by atoms with Crippen LogP contribution in [0.5, 0.6) is 0 Å². The minimum Gasteiger partial charge on any atom is -0.372 e. The molecule has 0 bridgehead atoms. The molecule has 0 aliphatic heterocycles. The monoisotopic (exact) mass is 220 g/mol. The summed E-state index contributed by atoms with van der Waals surface area (Å²) in [7, 11) is 0. The van der Waals surface area contributed by atoms with Crippen LogP contribution in [0.2, 0.25) is 0 Å². The highest BCUT2D eigenvalue weighted by atomic mass is 16.5. The van der Waals surface area contributed by atoms with Gasteiger partial charge in [0.1, 0.15) is 6.10 Å². The molecular weight excluding hydrogens is 200 g/mol. The van der Waals surface area contributed by atoms with E-state index in [2.05, 4.69) is 18.7 Å². The van der Waals surface area contributed by atoms with Crippen molar-refractivity contribution in [1.29, 1.82) is 0 Å². The summed E-state index contributed by atoms with van der Waals surface area (Å²) in [5, 5.41) is 0. The normalized spacial score (nSPS) is 14.4. The van der Waals surface area contributed by atoms with Crippen LogP contribution in [0, 0.1) is 0 Å². The van der Waals surface area contributed by atoms with Gasteiger partial charge in [0.15, 0.2) is 0 Å². The summed E-state index contributed by atoms with van der Waals surface area (Å²) in [5.74, 6) is 0. The molecule has 1 aromatic carbocycles. The number of hydrogen-bond acceptors (Lipinski definition) is 2. The highest BCUT2D eigenvalue weighted by Crippen LogP contribution is 2.09. The van der Waals surface area contributed by atoms with Crippen LogP contribution in [-0.2, 0) is 16.1 Å². The zero-order valence-corrected chi connectivity index (χ0v) is 10.1. The average Bonchev–Trinajstić information content (AvgIpc) is 2.34. The van der Waals surface area contributed by atoms with Crippen LogP contribution in [0.1, 0.15) is 19.4 Å². The van der Waals surface area contributed by atoms with Gasteiger partial charge in [0.25, 0.3) is 0 Å². The first-order valence-corrected chi connectivity index (χ1v) is 5.67. The summed E-state index contributed by atoms with van der Waals surface area (Å²) in [4.78, 5) is 0. The lowest BCUT2D eigenvalue weighted by molar-refractivity contribution is -0.0462. The van der Waals surface area contributed by atoms with Gasteiger partial charge < -0.3 is 9.47 Å². The van der Waals surface area contributed by atoms with Crippen molar-refractivity contribution in [2.24, 2.45) is 0 Å². The molecule has 0 amide bonds. The van der Waals surface area contributed by atoms with Crippen molar-refractivity contribution in [3.8, 4) is 0 Å². The lowest BCUT2D eigenvalue weighted by atomic mass is 10.2. The summed E-state index contributed by atoms with van der Waals surface area (Å²) in [6, 6.07) is 10.1. The number of rotatable bonds is 7. The molecule has 2 atom stereocenters. The summed E-state index contributed by atoms with van der Waals surface area (Å²) in [5.41, 5.74) is 1.17. The summed E-state index contributed by atoms with van der Waals surface area (Å²) >= 11 is 0. The van der Waals surface area contributed by atoms with E-state index in [1.54, 1.807) is 6.08 Å². The standard InChI is InChI=1S/C14H20O2/c1-4-14(15-5-2)12(3)16-11-13-9-7-6-8-10-13/h4,6-10,12,14H,1,5,11H2,2-3H3. The lowest BCUT2D eigenvalue weighted by Crippen LogP contribution is -2.27. The molecule has 2 heteroatoms. The molecule has 2 nitrogen and oxygen atoms in total. The van der Waals surface area contributed by atoms with Crippen molar-refractivity contribution >= 4 is 0 Å². The maximum absolute atomic E-state index is 5.74. The van der Waals surface area contributed by atoms with Gasteiger partial charge in [-0.2, -0.15) is 0 Å². The Morgan fingerprint density at radius 3 is 2.50 bits per heavy atom. The van der Waals surface area contributed by atoms with E-state index in [0.717, 1.165) is 0 Å². The second-order valence-corrected chi connectivity index (χ2v) is 3.66. The molecule has 0 heterocycles. The molecule has 1 aromatic rings. The summed E-state index contributed by atoms with van der Waals surface area (Å²) < 4.78 is 11.2. The van der Waals surface area contributed by atoms with Gasteiger partial charge in [0.05, 0.1) is 12.7 Å². The average molecular weight is 220 g/mol. The van der Waals surface area contributed by atoms with Crippen LogP contribution in [0.3, 0.4) is 0 Å². The fraction of sp³-hybridized carbons (Fsp3) is 0.429. The van der Waals surface area contributed by atoms with E-state index >= 15 is 0 Å². The van der Waals surface area contributed by atoms with E-state index in [1.165, 1.54) is 5.56 Å². The zero-order chi connectivity index (χ0) is 11.8. The Hall–Kier alpha value is -1.12. The lowest BCUT2D eigenvalue weighted by Gasteiger charge is -2.21. The fourth-order valence-electron chi connectivity index (χ4n) is 1.48. The van der Waals surface area contributed by atoms with Crippen molar-refractivity contribution in [2.75, 3.05) is 6.61 Å². The number of benzene rings is 1. The third kappa shape index (κ3) is 4.17. The number of hydrogen-bond donors (Lipinski definition) is 0. The van der Waals surface area contributed by atoms with E-state index in [-0.39, 0.29) is 12.2 Å². The molecule has 0 spiro atoms. The van der Waals surface area contributed by atoms with Crippen LogP contribution >= 0.6 is 0 Å². The van der Waals surface area contributed by atoms with Crippen molar-refractivity contribution in [2.45, 2.75) is 32.7 Å². The van der Waals surface area contributed by atoms with Crippen LogP contribution in [-0.4, -0.2) is 18.8 Å². The minimum absolute atomic E-state index is 0.0256. The predicted molar refractivity (Wildman–Crippen MR) is 66.3 cm³/mol. The second kappa shape index (κ2) is 7.20. The Labute approximate surface area is 97.9 Å². The van der Waals surface area contributed by atoms with E-state index in [0.29, 0.717) is 13.2 Å². The molecule has 1 rings (SSSR count). The van der Waals surface area contributed by atoms with E-state index in [4.69, 9.17) is 9.47 Å². The van der Waals surface area contributed by atoms with Gasteiger partial charge in [-0.1, -0.05) is 36.4 Å². The van der Waals surface area contributed by atoms with Crippen LogP contribution in [0.15, 0.2) is 43.0 Å². The van der Waals surface area contributed by atoms with Gasteiger partial charge in [-0.15, -0.1) is 6.58 Å². The molecule has 0 aliphatic carbocycles. The summed E-state index contributed by atoms with van der Waals surface area (Å²) in [6.07, 6.45) is 1.78. The van der Waals surface area contributed by atoms with Gasteiger partial charge >= 0.3 is 0 Å². The molecular formula is C14H20O2. The molecule has 0 saturated heterocycles. The van der Waals surface area contributed by atoms with Crippen LogP contribution in [0.25, 0.3) is 0 Å². The van der Waals surface area contributed by atoms with E-state index < -0.39 is 0 Å². The first-order valence-electron chi connectivity index (χ1n) is 5.67. The third-order valence-electron chi connectivity index (χ3n) is 2.41. The Bertz CT molecular complexity index is 295.